The van der Waals surface area contributed by atoms with Crippen LogP contribution in [0.1, 0.15) is 60.1 Å². The minimum absolute atomic E-state index is 0.0712. The zero-order valence-corrected chi connectivity index (χ0v) is 20.9. The summed E-state index contributed by atoms with van der Waals surface area (Å²) in [7, 11) is 0. The quantitative estimate of drug-likeness (QED) is 0.676. The van der Waals surface area contributed by atoms with Gasteiger partial charge in [0.15, 0.2) is 6.10 Å². The standard InChI is InChI=1S/C27H37N3O3/c1-8-29(9-2)20-15-16-21-22(17-20)33-24(18(3)4)26(32)30(19-13-11-10-12-14-19)23(21)25(31)28-27(5,6)7/h10-18,23-24H,8-9H2,1-7H3,(H,28,31). The van der Waals surface area contributed by atoms with Gasteiger partial charge in [-0.2, -0.15) is 0 Å². The number of nitrogens with zero attached hydrogens (tertiary/aromatic N) is 2. The second-order valence-corrected chi connectivity index (χ2v) is 9.86. The van der Waals surface area contributed by atoms with Crippen LogP contribution in [0.2, 0.25) is 0 Å². The molecule has 0 aromatic heterocycles. The number of fused-ring (bicyclic) bond motifs is 1. The van der Waals surface area contributed by atoms with Gasteiger partial charge in [0.25, 0.3) is 5.91 Å². The number of para-hydroxylation sites is 1. The van der Waals surface area contributed by atoms with Crippen LogP contribution in [0, 0.1) is 5.92 Å². The van der Waals surface area contributed by atoms with Gasteiger partial charge in [0.2, 0.25) is 5.91 Å². The molecule has 1 N–H and O–H groups in total. The molecule has 0 radical (unpaired) electrons. The van der Waals surface area contributed by atoms with E-state index in [1.807, 2.05) is 83.1 Å². The fraction of sp³-hybridized carbons (Fsp3) is 0.481. The highest BCUT2D eigenvalue weighted by molar-refractivity contribution is 6.04. The van der Waals surface area contributed by atoms with Crippen molar-refractivity contribution in [1.29, 1.82) is 0 Å². The average molecular weight is 452 g/mol. The summed E-state index contributed by atoms with van der Waals surface area (Å²) in [6, 6.07) is 14.4. The Labute approximate surface area is 197 Å². The van der Waals surface area contributed by atoms with Crippen LogP contribution < -0.4 is 19.9 Å². The fourth-order valence-electron chi connectivity index (χ4n) is 4.21. The highest BCUT2D eigenvalue weighted by atomic mass is 16.5. The van der Waals surface area contributed by atoms with Crippen LogP contribution in [0.25, 0.3) is 0 Å². The number of amides is 2. The van der Waals surface area contributed by atoms with Gasteiger partial charge in [-0.25, -0.2) is 0 Å². The third-order valence-electron chi connectivity index (χ3n) is 5.80. The Kier molecular flexibility index (Phi) is 7.35. The van der Waals surface area contributed by atoms with Crippen molar-refractivity contribution in [3.05, 3.63) is 54.1 Å². The number of ether oxygens (including phenoxy) is 1. The smallest absolute Gasteiger partial charge is 0.269 e. The number of rotatable bonds is 6. The van der Waals surface area contributed by atoms with Gasteiger partial charge in [-0.15, -0.1) is 0 Å². The Morgan fingerprint density at radius 2 is 1.73 bits per heavy atom. The molecule has 2 aromatic carbocycles. The normalized spacial score (nSPS) is 18.4. The van der Waals surface area contributed by atoms with Gasteiger partial charge in [0.1, 0.15) is 11.8 Å². The maximum absolute atomic E-state index is 13.9. The molecule has 6 nitrogen and oxygen atoms in total. The zero-order valence-electron chi connectivity index (χ0n) is 20.9. The SMILES string of the molecule is CCN(CC)c1ccc2c(c1)OC(C(C)C)C(=O)N(c1ccccc1)C2C(=O)NC(C)(C)C. The molecule has 6 heteroatoms. The van der Waals surface area contributed by atoms with Crippen LogP contribution in [0.4, 0.5) is 11.4 Å². The van der Waals surface area contributed by atoms with Gasteiger partial charge in [0.05, 0.1) is 0 Å². The van der Waals surface area contributed by atoms with E-state index >= 15 is 0 Å². The molecule has 1 aliphatic rings. The van der Waals surface area contributed by atoms with Crippen LogP contribution in [0.5, 0.6) is 5.75 Å². The van der Waals surface area contributed by atoms with E-state index in [-0.39, 0.29) is 17.7 Å². The Bertz CT molecular complexity index is 978. The van der Waals surface area contributed by atoms with E-state index in [2.05, 4.69) is 24.1 Å². The number of nitrogens with one attached hydrogen (secondary N) is 1. The molecule has 2 atom stereocenters. The topological polar surface area (TPSA) is 61.9 Å². The van der Waals surface area contributed by atoms with Gasteiger partial charge in [-0.1, -0.05) is 38.1 Å². The van der Waals surface area contributed by atoms with E-state index in [9.17, 15) is 9.59 Å². The van der Waals surface area contributed by atoms with Gasteiger partial charge >= 0.3 is 0 Å². The third kappa shape index (κ3) is 5.32. The molecule has 1 aliphatic heterocycles. The predicted octanol–water partition coefficient (Wildman–Crippen LogP) is 4.94. The molecule has 0 aliphatic carbocycles. The fourth-order valence-corrected chi connectivity index (χ4v) is 4.21. The largest absolute Gasteiger partial charge is 0.480 e. The van der Waals surface area contributed by atoms with Crippen LogP contribution in [0.15, 0.2) is 48.5 Å². The number of hydrogen-bond donors (Lipinski definition) is 1. The molecule has 2 aromatic rings. The highest BCUT2D eigenvalue weighted by Crippen LogP contribution is 2.40. The number of hydrogen-bond acceptors (Lipinski definition) is 4. The van der Waals surface area contributed by atoms with Gasteiger partial charge < -0.3 is 15.0 Å². The highest BCUT2D eigenvalue weighted by Gasteiger charge is 2.43. The van der Waals surface area contributed by atoms with Crippen molar-refractivity contribution in [2.45, 2.75) is 66.2 Å². The summed E-state index contributed by atoms with van der Waals surface area (Å²) < 4.78 is 6.37. The van der Waals surface area contributed by atoms with Crippen molar-refractivity contribution in [3.63, 3.8) is 0 Å². The molecule has 0 spiro atoms. The van der Waals surface area contributed by atoms with Crippen molar-refractivity contribution in [2.75, 3.05) is 22.9 Å². The third-order valence-corrected chi connectivity index (χ3v) is 5.80. The first-order valence-electron chi connectivity index (χ1n) is 11.8. The van der Waals surface area contributed by atoms with Gasteiger partial charge in [-0.3, -0.25) is 14.5 Å². The van der Waals surface area contributed by atoms with Crippen molar-refractivity contribution >= 4 is 23.2 Å². The van der Waals surface area contributed by atoms with Crippen LogP contribution in [-0.2, 0) is 9.59 Å². The lowest BCUT2D eigenvalue weighted by atomic mass is 9.99. The van der Waals surface area contributed by atoms with Crippen molar-refractivity contribution in [2.24, 2.45) is 5.92 Å². The number of carbonyl (C=O) groups excluding carboxylic acids is 2. The summed E-state index contributed by atoms with van der Waals surface area (Å²) >= 11 is 0. The minimum atomic E-state index is -0.844. The van der Waals surface area contributed by atoms with E-state index < -0.39 is 17.7 Å². The van der Waals surface area contributed by atoms with E-state index in [4.69, 9.17) is 4.74 Å². The monoisotopic (exact) mass is 451 g/mol. The first-order chi connectivity index (χ1) is 15.6. The summed E-state index contributed by atoms with van der Waals surface area (Å²) in [5.74, 6) is 0.0624. The molecule has 33 heavy (non-hydrogen) atoms. The molecule has 2 amide bonds. The lowest BCUT2D eigenvalue weighted by Crippen LogP contribution is -2.51. The lowest BCUT2D eigenvalue weighted by Gasteiger charge is -2.33. The van der Waals surface area contributed by atoms with Gasteiger partial charge in [-0.05, 0) is 58.7 Å². The second-order valence-electron chi connectivity index (χ2n) is 9.86. The molecule has 1 heterocycles. The van der Waals surface area contributed by atoms with Crippen molar-refractivity contribution < 1.29 is 14.3 Å². The van der Waals surface area contributed by atoms with Gasteiger partial charge in [0, 0.05) is 41.6 Å². The van der Waals surface area contributed by atoms with Crippen molar-refractivity contribution in [1.82, 2.24) is 5.32 Å². The summed E-state index contributed by atoms with van der Waals surface area (Å²) in [6.45, 7) is 15.7. The van der Waals surface area contributed by atoms with E-state index in [1.165, 1.54) is 0 Å². The van der Waals surface area contributed by atoms with Crippen molar-refractivity contribution in [3.8, 4) is 5.75 Å². The Morgan fingerprint density at radius 1 is 1.09 bits per heavy atom. The van der Waals surface area contributed by atoms with Crippen LogP contribution in [-0.4, -0.2) is 36.5 Å². The molecule has 0 fully saturated rings. The molecule has 0 bridgehead atoms. The Balaban J connectivity index is 2.24. The maximum atomic E-state index is 13.9. The summed E-state index contributed by atoms with van der Waals surface area (Å²) in [4.78, 5) is 31.4. The molecular weight excluding hydrogens is 414 g/mol. The predicted molar refractivity (Wildman–Crippen MR) is 134 cm³/mol. The summed E-state index contributed by atoms with van der Waals surface area (Å²) in [5.41, 5.74) is 1.92. The molecule has 2 unspecified atom stereocenters. The number of benzene rings is 2. The van der Waals surface area contributed by atoms with E-state index in [0.29, 0.717) is 17.0 Å². The molecule has 178 valence electrons. The van der Waals surface area contributed by atoms with E-state index in [0.717, 1.165) is 18.8 Å². The molecule has 0 saturated heterocycles. The van der Waals surface area contributed by atoms with E-state index in [1.54, 1.807) is 4.90 Å². The summed E-state index contributed by atoms with van der Waals surface area (Å²) in [6.07, 6.45) is -0.705. The number of anilines is 2. The van der Waals surface area contributed by atoms with Crippen LogP contribution in [0.3, 0.4) is 0 Å². The second kappa shape index (κ2) is 9.86. The maximum Gasteiger partial charge on any atom is 0.269 e. The molecular formula is C27H37N3O3. The molecule has 0 saturated carbocycles. The summed E-state index contributed by atoms with van der Waals surface area (Å²) in [5, 5.41) is 3.08. The number of carbonyl (C=O) groups is 2. The molecule has 3 rings (SSSR count). The zero-order chi connectivity index (χ0) is 24.3. The Hall–Kier alpha value is -3.02. The Morgan fingerprint density at radius 3 is 2.27 bits per heavy atom. The average Bonchev–Trinajstić information content (AvgIpc) is 2.88. The lowest BCUT2D eigenvalue weighted by molar-refractivity contribution is -0.130. The minimum Gasteiger partial charge on any atom is -0.480 e. The first kappa shape index (κ1) is 24.6. The first-order valence-corrected chi connectivity index (χ1v) is 11.8. The van der Waals surface area contributed by atoms with Crippen LogP contribution >= 0.6 is 0 Å².